The van der Waals surface area contributed by atoms with Crippen LogP contribution < -0.4 is 0 Å². The molecule has 5 aliphatic carbocycles. The van der Waals surface area contributed by atoms with Gasteiger partial charge in [-0.2, -0.15) is 0 Å². The van der Waals surface area contributed by atoms with Gasteiger partial charge in [0.15, 0.2) is 5.78 Å². The molecule has 1 N–H and O–H groups in total. The third-order valence-electron chi connectivity index (χ3n) is 17.7. The van der Waals surface area contributed by atoms with Crippen LogP contribution in [0, 0.1) is 63.1 Å². The number of nitrogens with zero attached hydrogens (tertiary/aromatic N) is 2. The van der Waals surface area contributed by atoms with Gasteiger partial charge >= 0.3 is 17.9 Å². The van der Waals surface area contributed by atoms with Crippen LogP contribution in [0.25, 0.3) is 0 Å². The summed E-state index contributed by atoms with van der Waals surface area (Å²) in [5.74, 6) is -0.374. The number of ketones is 1. The van der Waals surface area contributed by atoms with Gasteiger partial charge in [-0.1, -0.05) is 72.7 Å². The number of carbonyl (C=O) groups is 4. The van der Waals surface area contributed by atoms with E-state index in [9.17, 15) is 24.3 Å². The molecule has 0 saturated heterocycles. The molecule has 0 unspecified atom stereocenters. The van der Waals surface area contributed by atoms with Gasteiger partial charge in [0, 0.05) is 50.4 Å². The highest BCUT2D eigenvalue weighted by Crippen LogP contribution is 2.77. The Hall–Kier alpha value is -3.04. The van der Waals surface area contributed by atoms with Crippen molar-refractivity contribution in [2.24, 2.45) is 56.2 Å². The molecule has 0 spiro atoms. The van der Waals surface area contributed by atoms with E-state index in [0.29, 0.717) is 24.8 Å². The van der Waals surface area contributed by atoms with Crippen molar-refractivity contribution in [2.45, 2.75) is 159 Å². The predicted molar refractivity (Wildman–Crippen MR) is 236 cm³/mol. The fourth-order valence-electron chi connectivity index (χ4n) is 14.3. The van der Waals surface area contributed by atoms with E-state index in [-0.39, 0.29) is 57.8 Å². The average molecular weight is 831 g/mol. The van der Waals surface area contributed by atoms with Crippen LogP contribution in [0.5, 0.6) is 0 Å². The molecular formula is C51H78N2O7. The Morgan fingerprint density at radius 2 is 1.58 bits per heavy atom. The molecule has 6 rings (SSSR count). The molecule has 0 radical (unpaired) electrons. The second-order valence-electron chi connectivity index (χ2n) is 22.6. The number of carbonyl (C=O) groups excluding carboxylic acids is 3. The van der Waals surface area contributed by atoms with Gasteiger partial charge < -0.3 is 19.5 Å². The molecule has 1 aromatic rings. The van der Waals surface area contributed by atoms with Crippen molar-refractivity contribution in [2.75, 3.05) is 33.7 Å². The fourth-order valence-corrected chi connectivity index (χ4v) is 14.3. The second kappa shape index (κ2) is 16.6. The van der Waals surface area contributed by atoms with Crippen LogP contribution in [-0.2, 0) is 35.2 Å². The van der Waals surface area contributed by atoms with E-state index in [2.05, 4.69) is 104 Å². The number of Topliss-reactive ketones (excluding diaryl/α,β-unsaturated/α-hetero) is 1. The van der Waals surface area contributed by atoms with Gasteiger partial charge in [-0.05, 0) is 148 Å². The summed E-state index contributed by atoms with van der Waals surface area (Å²) in [4.78, 5) is 57.5. The zero-order valence-corrected chi connectivity index (χ0v) is 39.5. The van der Waals surface area contributed by atoms with E-state index in [1.54, 1.807) is 13.8 Å². The van der Waals surface area contributed by atoms with Crippen molar-refractivity contribution >= 4 is 23.7 Å². The van der Waals surface area contributed by atoms with E-state index in [0.717, 1.165) is 76.6 Å². The van der Waals surface area contributed by atoms with Crippen molar-refractivity contribution in [3.63, 3.8) is 0 Å². The van der Waals surface area contributed by atoms with Crippen molar-refractivity contribution in [3.05, 3.63) is 46.5 Å². The van der Waals surface area contributed by atoms with Gasteiger partial charge in [-0.25, -0.2) is 0 Å². The van der Waals surface area contributed by atoms with Crippen LogP contribution in [0.15, 0.2) is 35.4 Å². The molecule has 4 fully saturated rings. The smallest absolute Gasteiger partial charge is 0.309 e. The van der Waals surface area contributed by atoms with Crippen molar-refractivity contribution in [3.8, 4) is 0 Å². The van der Waals surface area contributed by atoms with E-state index in [1.165, 1.54) is 23.6 Å². The lowest BCUT2D eigenvalue weighted by atomic mass is 9.33. The van der Waals surface area contributed by atoms with Crippen LogP contribution in [-0.4, -0.2) is 84.5 Å². The van der Waals surface area contributed by atoms with Gasteiger partial charge in [0.25, 0.3) is 0 Å². The van der Waals surface area contributed by atoms with Gasteiger partial charge in [0.05, 0.1) is 11.8 Å². The first-order chi connectivity index (χ1) is 27.8. The maximum Gasteiger partial charge on any atom is 0.309 e. The molecule has 0 amide bonds. The maximum atomic E-state index is 14.6. The summed E-state index contributed by atoms with van der Waals surface area (Å²) in [6.07, 6.45) is 7.25. The number of carboxylic acid groups (broad SMARTS) is 1. The van der Waals surface area contributed by atoms with Crippen LogP contribution in [0.4, 0.5) is 0 Å². The number of fused-ring (bicyclic) bond motifs is 7. The molecule has 5 aliphatic rings. The van der Waals surface area contributed by atoms with Gasteiger partial charge in [-0.3, -0.25) is 24.1 Å². The van der Waals surface area contributed by atoms with Gasteiger partial charge in [-0.15, -0.1) is 0 Å². The Morgan fingerprint density at radius 3 is 2.20 bits per heavy atom. The largest absolute Gasteiger partial charge is 0.481 e. The molecule has 0 aromatic heterocycles. The molecule has 1 aromatic carbocycles. The summed E-state index contributed by atoms with van der Waals surface area (Å²) < 4.78 is 12.8. The minimum Gasteiger partial charge on any atom is -0.481 e. The molecule has 4 saturated carbocycles. The summed E-state index contributed by atoms with van der Waals surface area (Å²) in [5, 5.41) is 9.68. The van der Waals surface area contributed by atoms with Gasteiger partial charge in [0.1, 0.15) is 12.2 Å². The quantitative estimate of drug-likeness (QED) is 0.183. The highest BCUT2D eigenvalue weighted by atomic mass is 16.5. The normalized spacial score (nSPS) is 34.2. The summed E-state index contributed by atoms with van der Waals surface area (Å²) in [6, 6.07) is 8.53. The minimum absolute atomic E-state index is 0.0126. The average Bonchev–Trinajstić information content (AvgIpc) is 3.45. The summed E-state index contributed by atoms with van der Waals surface area (Å²) in [5.41, 5.74) is 2.82. The molecule has 0 aliphatic heterocycles. The molecule has 9 nitrogen and oxygen atoms in total. The molecule has 9 atom stereocenters. The number of rotatable bonds is 14. The zero-order chi connectivity index (χ0) is 44.4. The molecule has 9 heteroatoms. The number of carboxylic acids is 1. The third-order valence-corrected chi connectivity index (χ3v) is 17.7. The van der Waals surface area contributed by atoms with Crippen LogP contribution in [0.2, 0.25) is 0 Å². The Balaban J connectivity index is 1.34. The third kappa shape index (κ3) is 7.94. The number of ether oxygens (including phenoxy) is 2. The maximum absolute atomic E-state index is 14.6. The van der Waals surface area contributed by atoms with Gasteiger partial charge in [0.2, 0.25) is 0 Å². The Morgan fingerprint density at radius 1 is 0.900 bits per heavy atom. The number of hydrogen-bond donors (Lipinski definition) is 1. The van der Waals surface area contributed by atoms with E-state index in [1.807, 2.05) is 0 Å². The SMILES string of the molecule is CC(=O)O[C@@H](CN(CCN(C)C)Cc1ccccc1C)[C@@]12CC[C@]3(C)[C@H](CC[C@@H]4[C@@]5(C)CC[C@H](OC(=O)CC(C)(C)C(=O)O)C(C)(C)[C@@H]5CC[C@]43C)C1=C(C(C)C)C(=O)C2. The monoisotopic (exact) mass is 831 g/mol. The Labute approximate surface area is 361 Å². The van der Waals surface area contributed by atoms with E-state index < -0.39 is 28.9 Å². The van der Waals surface area contributed by atoms with Crippen molar-refractivity contribution in [1.82, 2.24) is 9.80 Å². The fraction of sp³-hybridized carbons (Fsp3) is 0.765. The zero-order valence-electron chi connectivity index (χ0n) is 39.5. The summed E-state index contributed by atoms with van der Waals surface area (Å²) in [6.45, 7) is 26.4. The lowest BCUT2D eigenvalue weighted by molar-refractivity contribution is -0.235. The van der Waals surface area contributed by atoms with E-state index in [4.69, 9.17) is 9.47 Å². The molecule has 0 bridgehead atoms. The van der Waals surface area contributed by atoms with Crippen LogP contribution >= 0.6 is 0 Å². The Kier molecular flexibility index (Phi) is 12.8. The number of aliphatic carboxylic acids is 1. The number of likely N-dealkylation sites (N-methyl/N-ethyl adjacent to an activating group) is 1. The standard InChI is InChI=1S/C51H78N2O7/c1-32(2)43-37(55)28-51(41(59-34(4)54)31-53(27-26-52(12)13)30-35-17-15-14-16-33(35)3)25-24-49(10)36(44(43)51)18-19-39-48(9)22-21-40(60-42(56)29-46(5,6)45(57)58)47(7,8)38(48)20-23-50(39,49)11/h14-17,32,36,38-41H,18-31H2,1-13H3,(H,57,58)/t36-,38+,39-,40+,41+,48+,49-,50-,51+/m1/s1. The van der Waals surface area contributed by atoms with Crippen LogP contribution in [0.3, 0.4) is 0 Å². The second-order valence-corrected chi connectivity index (χ2v) is 22.6. The highest BCUT2D eigenvalue weighted by molar-refractivity contribution is 6.01. The van der Waals surface area contributed by atoms with Crippen molar-refractivity contribution < 1.29 is 33.8 Å². The van der Waals surface area contributed by atoms with E-state index >= 15 is 0 Å². The number of aryl methyl sites for hydroxylation is 1. The minimum atomic E-state index is -1.18. The summed E-state index contributed by atoms with van der Waals surface area (Å²) >= 11 is 0. The van der Waals surface area contributed by atoms with Crippen molar-refractivity contribution in [1.29, 1.82) is 0 Å². The lowest BCUT2D eigenvalue weighted by Gasteiger charge is -2.72. The highest BCUT2D eigenvalue weighted by Gasteiger charge is 2.71. The van der Waals surface area contributed by atoms with Crippen LogP contribution in [0.1, 0.15) is 145 Å². The first kappa shape index (κ1) is 46.5. The first-order valence-corrected chi connectivity index (χ1v) is 23.1. The molecule has 60 heavy (non-hydrogen) atoms. The number of esters is 2. The number of hydrogen-bond acceptors (Lipinski definition) is 8. The molecule has 334 valence electrons. The lowest BCUT2D eigenvalue weighted by Crippen LogP contribution is -2.66. The molecule has 0 heterocycles. The summed E-state index contributed by atoms with van der Waals surface area (Å²) in [7, 11) is 4.19. The predicted octanol–water partition coefficient (Wildman–Crippen LogP) is 9.68. The topological polar surface area (TPSA) is 113 Å². The molecular weight excluding hydrogens is 753 g/mol. The first-order valence-electron chi connectivity index (χ1n) is 23.1. The number of allylic oxidation sites excluding steroid dienone is 1. The Bertz CT molecular complexity index is 1860. The number of benzene rings is 1.